The Morgan fingerprint density at radius 3 is 1.72 bits per heavy atom. The lowest BCUT2D eigenvalue weighted by atomic mass is 9.86. The van der Waals surface area contributed by atoms with Gasteiger partial charge in [-0.1, -0.05) is 27.7 Å². The highest BCUT2D eigenvalue weighted by atomic mass is 32.5. The maximum Gasteiger partial charge on any atom is 0.328 e. The predicted molar refractivity (Wildman–Crippen MR) is 185 cm³/mol. The SMILES string of the molecule is CC[C@H]1[C@H](n2cnc3c(N)ncnc32)O[C@]2(CC)COP(O)(=S)O[C@H]3[C@@H](CC)[C@H](n4cnc5c(N)ncnc54)O[C@]3(CC)COP(C)(=O)O[C@@H]12. The molecule has 272 valence electrons. The normalized spacial score (nSPS) is 38.1. The average Bonchev–Trinajstić information content (AvgIpc) is 3.85. The molecule has 4 aromatic heterocycles. The molecular formula is C29H42N10O8P2S. The van der Waals surface area contributed by atoms with Crippen molar-refractivity contribution < 1.29 is 37.0 Å². The third kappa shape index (κ3) is 5.85. The van der Waals surface area contributed by atoms with Gasteiger partial charge >= 0.3 is 14.3 Å². The Hall–Kier alpha value is -2.70. The molecule has 7 rings (SSSR count). The molecule has 18 nitrogen and oxygen atoms in total. The summed E-state index contributed by atoms with van der Waals surface area (Å²) < 4.78 is 57.0. The Bertz CT molecular complexity index is 1860. The molecule has 0 radical (unpaired) electrons. The zero-order valence-electron chi connectivity index (χ0n) is 28.4. The molecule has 3 aliphatic heterocycles. The van der Waals surface area contributed by atoms with Crippen LogP contribution >= 0.6 is 14.3 Å². The van der Waals surface area contributed by atoms with E-state index in [0.29, 0.717) is 48.0 Å². The quantitative estimate of drug-likeness (QED) is 0.235. The molecule has 7 heterocycles. The zero-order chi connectivity index (χ0) is 35.6. The summed E-state index contributed by atoms with van der Waals surface area (Å²) in [6.45, 7) is 4.74. The van der Waals surface area contributed by atoms with Crippen molar-refractivity contribution in [2.45, 2.75) is 89.2 Å². The second kappa shape index (κ2) is 13.1. The molecule has 0 aromatic carbocycles. The first-order valence-corrected chi connectivity index (χ1v) is 21.2. The molecule has 0 bridgehead atoms. The standard InChI is InChI=1S/C29H42N10O8P2S/c1-6-16-20-29(9-4,45-26(16)38-14-36-18-22(30)32-12-34-24(18)38)11-43-49(41,50)47-21-17(7-2)27(39-15-37-19-23(31)33-13-35-25(19)39)44-28(21,8-3)10-42-48(5,40)46-20/h12-17,20-21,26-27H,6-11H2,1-5H3,(H,41,50)(H2,30,32,34)(H2,31,33,35)/t16-,17-,20+,21+,26-,27-,28-,29-,48?,49?/m1/s1. The first-order valence-electron chi connectivity index (χ1n) is 16.6. The van der Waals surface area contributed by atoms with Crippen molar-refractivity contribution >= 4 is 60.1 Å². The number of nitrogens with zero attached hydrogens (tertiary/aromatic N) is 8. The Morgan fingerprint density at radius 1 is 0.800 bits per heavy atom. The molecule has 0 spiro atoms. The van der Waals surface area contributed by atoms with E-state index in [2.05, 4.69) is 29.9 Å². The van der Waals surface area contributed by atoms with E-state index in [0.717, 1.165) is 0 Å². The lowest BCUT2D eigenvalue weighted by molar-refractivity contribution is -0.139. The summed E-state index contributed by atoms with van der Waals surface area (Å²) in [6.07, 6.45) is 4.55. The van der Waals surface area contributed by atoms with Crippen molar-refractivity contribution in [3.05, 3.63) is 25.3 Å². The molecule has 21 heteroatoms. The van der Waals surface area contributed by atoms with Crippen molar-refractivity contribution in [2.75, 3.05) is 31.3 Å². The van der Waals surface area contributed by atoms with Crippen molar-refractivity contribution in [1.29, 1.82) is 0 Å². The number of imidazole rings is 2. The van der Waals surface area contributed by atoms with Crippen LogP contribution in [0, 0.1) is 11.8 Å². The van der Waals surface area contributed by atoms with Crippen molar-refractivity contribution in [3.8, 4) is 0 Å². The molecule has 50 heavy (non-hydrogen) atoms. The molecule has 3 fully saturated rings. The van der Waals surface area contributed by atoms with Gasteiger partial charge in [-0.2, -0.15) is 0 Å². The lowest BCUT2D eigenvalue weighted by Crippen LogP contribution is -2.49. The summed E-state index contributed by atoms with van der Waals surface area (Å²) >= 11 is 5.70. The number of ether oxygens (including phenoxy) is 2. The minimum atomic E-state index is -4.00. The van der Waals surface area contributed by atoms with Gasteiger partial charge in [-0.25, -0.2) is 29.9 Å². The number of nitrogens with two attached hydrogens (primary N) is 2. The maximum absolute atomic E-state index is 14.4. The van der Waals surface area contributed by atoms with E-state index in [9.17, 15) is 9.46 Å². The smallest absolute Gasteiger partial charge is 0.328 e. The Kier molecular flexibility index (Phi) is 9.32. The highest BCUT2D eigenvalue weighted by Crippen LogP contribution is 2.61. The predicted octanol–water partition coefficient (Wildman–Crippen LogP) is 4.10. The fourth-order valence-electron chi connectivity index (χ4n) is 7.52. The molecule has 0 amide bonds. The Morgan fingerprint density at radius 2 is 1.26 bits per heavy atom. The first kappa shape index (κ1) is 35.7. The molecule has 0 saturated carbocycles. The highest BCUT2D eigenvalue weighted by Gasteiger charge is 2.61. The summed E-state index contributed by atoms with van der Waals surface area (Å²) in [4.78, 5) is 37.5. The Labute approximate surface area is 293 Å². The van der Waals surface area contributed by atoms with Crippen LogP contribution in [-0.2, 0) is 43.9 Å². The second-order valence-corrected chi connectivity index (χ2v) is 17.8. The summed E-state index contributed by atoms with van der Waals surface area (Å²) in [5, 5.41) is 0. The van der Waals surface area contributed by atoms with Crippen LogP contribution in [0.5, 0.6) is 0 Å². The van der Waals surface area contributed by atoms with E-state index < -0.39 is 62.0 Å². The topological polar surface area (TPSA) is 232 Å². The van der Waals surface area contributed by atoms with Crippen LogP contribution in [0.2, 0.25) is 0 Å². The average molecular weight is 753 g/mol. The van der Waals surface area contributed by atoms with Gasteiger partial charge in [-0.15, -0.1) is 0 Å². The minimum absolute atomic E-state index is 0.205. The van der Waals surface area contributed by atoms with Crippen molar-refractivity contribution in [3.63, 3.8) is 0 Å². The van der Waals surface area contributed by atoms with Crippen LogP contribution in [0.25, 0.3) is 22.3 Å². The van der Waals surface area contributed by atoms with E-state index in [1.807, 2.05) is 27.7 Å². The number of fused-ring (bicyclic) bond motifs is 4. The van der Waals surface area contributed by atoms with Gasteiger partial charge in [0, 0.05) is 18.5 Å². The Balaban J connectivity index is 1.27. The van der Waals surface area contributed by atoms with Gasteiger partial charge in [-0.05, 0) is 37.5 Å². The number of rotatable bonds is 6. The van der Waals surface area contributed by atoms with E-state index in [1.54, 1.807) is 21.8 Å². The van der Waals surface area contributed by atoms with E-state index in [4.69, 9.17) is 50.8 Å². The first-order chi connectivity index (χ1) is 23.8. The van der Waals surface area contributed by atoms with E-state index in [-0.39, 0.29) is 24.8 Å². The molecule has 3 aliphatic rings. The molecule has 3 saturated heterocycles. The molecule has 0 aliphatic carbocycles. The lowest BCUT2D eigenvalue weighted by Gasteiger charge is -2.40. The van der Waals surface area contributed by atoms with Crippen LogP contribution < -0.4 is 11.5 Å². The third-order valence-corrected chi connectivity index (χ3v) is 13.0. The van der Waals surface area contributed by atoms with Gasteiger partial charge in [0.15, 0.2) is 22.9 Å². The number of hydrogen-bond donors (Lipinski definition) is 3. The number of anilines is 2. The fraction of sp³-hybridized carbons (Fsp3) is 0.655. The van der Waals surface area contributed by atoms with Gasteiger partial charge in [0.2, 0.25) is 0 Å². The van der Waals surface area contributed by atoms with Gasteiger partial charge in [0.05, 0.1) is 25.9 Å². The van der Waals surface area contributed by atoms with Gasteiger partial charge in [0.1, 0.15) is 59.6 Å². The fourth-order valence-corrected chi connectivity index (χ4v) is 10.3. The summed E-state index contributed by atoms with van der Waals surface area (Å²) in [5.74, 6) is -0.343. The molecule has 10 atom stereocenters. The summed E-state index contributed by atoms with van der Waals surface area (Å²) in [5.41, 5.74) is 11.5. The second-order valence-electron chi connectivity index (χ2n) is 13.0. The van der Waals surface area contributed by atoms with Crippen molar-refractivity contribution in [1.82, 2.24) is 39.0 Å². The molecule has 5 N–H and O–H groups in total. The number of nitrogen functional groups attached to an aromatic ring is 2. The van der Waals surface area contributed by atoms with Gasteiger partial charge in [0.25, 0.3) is 0 Å². The van der Waals surface area contributed by atoms with Crippen LogP contribution in [0.1, 0.15) is 65.8 Å². The summed E-state index contributed by atoms with van der Waals surface area (Å²) in [7, 11) is -3.84. The largest absolute Gasteiger partial charge is 0.382 e. The monoisotopic (exact) mass is 752 g/mol. The van der Waals surface area contributed by atoms with Gasteiger partial charge in [-0.3, -0.25) is 13.7 Å². The van der Waals surface area contributed by atoms with E-state index in [1.165, 1.54) is 19.3 Å². The van der Waals surface area contributed by atoms with Crippen LogP contribution in [0.4, 0.5) is 11.6 Å². The van der Waals surface area contributed by atoms with Crippen LogP contribution in [0.3, 0.4) is 0 Å². The number of aromatic nitrogens is 8. The third-order valence-electron chi connectivity index (χ3n) is 10.3. The van der Waals surface area contributed by atoms with Gasteiger partial charge < -0.3 is 43.9 Å². The molecule has 4 aromatic rings. The number of hydrogen-bond acceptors (Lipinski definition) is 16. The van der Waals surface area contributed by atoms with Crippen LogP contribution in [-0.4, -0.2) is 87.2 Å². The van der Waals surface area contributed by atoms with E-state index >= 15 is 0 Å². The minimum Gasteiger partial charge on any atom is -0.382 e. The van der Waals surface area contributed by atoms with Crippen molar-refractivity contribution in [2.24, 2.45) is 11.8 Å². The maximum atomic E-state index is 14.4. The van der Waals surface area contributed by atoms with Crippen LogP contribution in [0.15, 0.2) is 25.3 Å². The molecule has 2 unspecified atom stereocenters. The highest BCUT2D eigenvalue weighted by molar-refractivity contribution is 8.07. The molecular weight excluding hydrogens is 710 g/mol. The summed E-state index contributed by atoms with van der Waals surface area (Å²) in [6, 6.07) is 0. The zero-order valence-corrected chi connectivity index (χ0v) is 31.0.